The molecule has 0 spiro atoms. The largest absolute Gasteiger partial charge is 0.459 e. The van der Waals surface area contributed by atoms with Crippen LogP contribution in [0.4, 0.5) is 0 Å². The number of hydrogen-bond donors (Lipinski definition) is 3. The minimum absolute atomic E-state index is 0. The fourth-order valence-electron chi connectivity index (χ4n) is 2.72. The summed E-state index contributed by atoms with van der Waals surface area (Å²) in [6.45, 7) is 8.31. The van der Waals surface area contributed by atoms with Crippen molar-refractivity contribution in [2.45, 2.75) is 45.7 Å². The molecule has 28 heavy (non-hydrogen) atoms. The Kier molecular flexibility index (Phi) is 9.22. The van der Waals surface area contributed by atoms with Gasteiger partial charge in [0.1, 0.15) is 6.04 Å². The van der Waals surface area contributed by atoms with Gasteiger partial charge in [0.2, 0.25) is 5.91 Å². The van der Waals surface area contributed by atoms with Crippen molar-refractivity contribution >= 4 is 24.2 Å². The lowest BCUT2D eigenvalue weighted by Gasteiger charge is -2.22. The normalized spacial score (nSPS) is 13.0. The average molecular weight is 408 g/mol. The molecule has 6 nitrogen and oxygen atoms in total. The van der Waals surface area contributed by atoms with Gasteiger partial charge >= 0.3 is 0 Å². The Hall–Kier alpha value is -2.31. The molecule has 0 aliphatic heterocycles. The minimum Gasteiger partial charge on any atom is -0.459 e. The molecule has 1 aromatic carbocycles. The molecule has 0 aliphatic carbocycles. The quantitative estimate of drug-likeness (QED) is 0.624. The number of nitrogens with two attached hydrogens (primary N) is 1. The Morgan fingerprint density at radius 1 is 1.04 bits per heavy atom. The van der Waals surface area contributed by atoms with Gasteiger partial charge in [0.25, 0.3) is 5.91 Å². The van der Waals surface area contributed by atoms with E-state index in [0.717, 1.165) is 5.56 Å². The van der Waals surface area contributed by atoms with Crippen molar-refractivity contribution in [3.8, 4) is 0 Å². The van der Waals surface area contributed by atoms with E-state index in [1.165, 1.54) is 11.8 Å². The van der Waals surface area contributed by atoms with Gasteiger partial charge in [-0.3, -0.25) is 9.59 Å². The molecule has 0 saturated carbocycles. The summed E-state index contributed by atoms with van der Waals surface area (Å²) in [6, 6.07) is 10.3. The number of benzene rings is 1. The maximum absolute atomic E-state index is 12.6. The van der Waals surface area contributed by atoms with Gasteiger partial charge < -0.3 is 20.8 Å². The zero-order valence-electron chi connectivity index (χ0n) is 16.8. The van der Waals surface area contributed by atoms with Crippen LogP contribution < -0.4 is 16.4 Å². The second-order valence-corrected chi connectivity index (χ2v) is 7.35. The molecule has 4 N–H and O–H groups in total. The lowest BCUT2D eigenvalue weighted by Crippen LogP contribution is -2.50. The van der Waals surface area contributed by atoms with Crippen molar-refractivity contribution in [3.63, 3.8) is 0 Å². The van der Waals surface area contributed by atoms with E-state index in [1.54, 1.807) is 12.1 Å². The van der Waals surface area contributed by atoms with Crippen molar-refractivity contribution in [2.24, 2.45) is 11.7 Å². The highest BCUT2D eigenvalue weighted by atomic mass is 35.5. The smallest absolute Gasteiger partial charge is 0.287 e. The van der Waals surface area contributed by atoms with Crippen LogP contribution in [0.5, 0.6) is 0 Å². The topological polar surface area (TPSA) is 97.4 Å². The third-order valence-corrected chi connectivity index (χ3v) is 4.51. The predicted molar refractivity (Wildman–Crippen MR) is 113 cm³/mol. The average Bonchev–Trinajstić information content (AvgIpc) is 3.18. The summed E-state index contributed by atoms with van der Waals surface area (Å²) in [4.78, 5) is 24.7. The summed E-state index contributed by atoms with van der Waals surface area (Å²) in [6.07, 6.45) is 1.42. The molecule has 1 aromatic heterocycles. The van der Waals surface area contributed by atoms with Crippen LogP contribution in [0.25, 0.3) is 0 Å². The van der Waals surface area contributed by atoms with E-state index in [4.69, 9.17) is 10.2 Å². The monoisotopic (exact) mass is 407 g/mol. The number of halogens is 1. The van der Waals surface area contributed by atoms with E-state index in [-0.39, 0.29) is 36.0 Å². The van der Waals surface area contributed by atoms with Crippen LogP contribution in [-0.4, -0.2) is 24.4 Å². The van der Waals surface area contributed by atoms with Crippen LogP contribution >= 0.6 is 12.4 Å². The maximum Gasteiger partial charge on any atom is 0.287 e. The fourth-order valence-corrected chi connectivity index (χ4v) is 2.72. The third-order valence-electron chi connectivity index (χ3n) is 4.51. The third kappa shape index (κ3) is 6.39. The Morgan fingerprint density at radius 3 is 2.14 bits per heavy atom. The number of nitrogens with one attached hydrogen (secondary N) is 2. The molecule has 1 heterocycles. The van der Waals surface area contributed by atoms with Crippen LogP contribution in [0.2, 0.25) is 0 Å². The summed E-state index contributed by atoms with van der Waals surface area (Å²) < 4.78 is 5.07. The van der Waals surface area contributed by atoms with Crippen molar-refractivity contribution in [1.82, 2.24) is 10.6 Å². The standard InChI is InChI=1S/C21H29N3O3.ClH/c1-13(2)15-7-9-16(10-8-15)17(22)12-23-21(26)19(14(3)4)24-20(25)18-6-5-11-27-18;/h5-11,13-14,17,19H,12,22H2,1-4H3,(H,23,26)(H,24,25);1H. The summed E-state index contributed by atoms with van der Waals surface area (Å²) in [5.41, 5.74) is 8.41. The Bertz CT molecular complexity index is 743. The molecular formula is C21H30ClN3O3. The first-order chi connectivity index (χ1) is 12.8. The number of amides is 2. The zero-order chi connectivity index (χ0) is 20.0. The van der Waals surface area contributed by atoms with Crippen molar-refractivity contribution in [3.05, 3.63) is 59.5 Å². The molecule has 7 heteroatoms. The Balaban J connectivity index is 0.00000392. The summed E-state index contributed by atoms with van der Waals surface area (Å²) in [5.74, 6) is -0.123. The molecule has 154 valence electrons. The van der Waals surface area contributed by atoms with E-state index in [9.17, 15) is 9.59 Å². The van der Waals surface area contributed by atoms with E-state index in [2.05, 4.69) is 36.6 Å². The fraction of sp³-hybridized carbons (Fsp3) is 0.429. The SMILES string of the molecule is CC(C)c1ccc(C(N)CNC(=O)C(NC(=O)c2ccco2)C(C)C)cc1.Cl. The summed E-state index contributed by atoms with van der Waals surface area (Å²) >= 11 is 0. The predicted octanol–water partition coefficient (Wildman–Crippen LogP) is 3.40. The van der Waals surface area contributed by atoms with Crippen molar-refractivity contribution in [2.75, 3.05) is 6.54 Å². The van der Waals surface area contributed by atoms with Crippen LogP contribution in [0.3, 0.4) is 0 Å². The number of carbonyl (C=O) groups is 2. The molecule has 2 amide bonds. The molecule has 0 fully saturated rings. The van der Waals surface area contributed by atoms with E-state index in [0.29, 0.717) is 12.5 Å². The van der Waals surface area contributed by atoms with Gasteiger partial charge in [-0.15, -0.1) is 12.4 Å². The van der Waals surface area contributed by atoms with Gasteiger partial charge in [-0.1, -0.05) is 52.0 Å². The maximum atomic E-state index is 12.6. The zero-order valence-corrected chi connectivity index (χ0v) is 17.6. The minimum atomic E-state index is -0.668. The Labute approximate surface area is 172 Å². The molecule has 0 saturated heterocycles. The van der Waals surface area contributed by atoms with E-state index in [1.807, 2.05) is 26.0 Å². The number of hydrogen-bond acceptors (Lipinski definition) is 4. The molecule has 0 bridgehead atoms. The van der Waals surface area contributed by atoms with E-state index >= 15 is 0 Å². The van der Waals surface area contributed by atoms with Gasteiger partial charge in [0.15, 0.2) is 5.76 Å². The summed E-state index contributed by atoms with van der Waals surface area (Å²) in [5, 5.41) is 5.56. The van der Waals surface area contributed by atoms with Gasteiger partial charge in [0.05, 0.1) is 6.26 Å². The number of furan rings is 1. The van der Waals surface area contributed by atoms with Crippen LogP contribution in [0.1, 0.15) is 61.3 Å². The van der Waals surface area contributed by atoms with E-state index < -0.39 is 11.9 Å². The van der Waals surface area contributed by atoms with Gasteiger partial charge in [0, 0.05) is 12.6 Å². The first-order valence-electron chi connectivity index (χ1n) is 9.27. The first-order valence-corrected chi connectivity index (χ1v) is 9.27. The molecule has 2 aromatic rings. The molecule has 0 aliphatic rings. The summed E-state index contributed by atoms with van der Waals surface area (Å²) in [7, 11) is 0. The molecule has 2 atom stereocenters. The molecule has 0 radical (unpaired) electrons. The lowest BCUT2D eigenvalue weighted by molar-refractivity contribution is -0.124. The van der Waals surface area contributed by atoms with Crippen LogP contribution in [-0.2, 0) is 4.79 Å². The van der Waals surface area contributed by atoms with Crippen molar-refractivity contribution < 1.29 is 14.0 Å². The van der Waals surface area contributed by atoms with Gasteiger partial charge in [-0.2, -0.15) is 0 Å². The lowest BCUT2D eigenvalue weighted by atomic mass is 9.99. The highest BCUT2D eigenvalue weighted by Gasteiger charge is 2.25. The second-order valence-electron chi connectivity index (χ2n) is 7.35. The second kappa shape index (κ2) is 10.9. The number of carbonyl (C=O) groups excluding carboxylic acids is 2. The van der Waals surface area contributed by atoms with Crippen LogP contribution in [0, 0.1) is 5.92 Å². The van der Waals surface area contributed by atoms with Crippen LogP contribution in [0.15, 0.2) is 47.1 Å². The molecule has 2 rings (SSSR count). The molecular weight excluding hydrogens is 378 g/mol. The van der Waals surface area contributed by atoms with Crippen molar-refractivity contribution in [1.29, 1.82) is 0 Å². The highest BCUT2D eigenvalue weighted by Crippen LogP contribution is 2.17. The first kappa shape index (κ1) is 23.7. The van der Waals surface area contributed by atoms with Gasteiger partial charge in [-0.25, -0.2) is 0 Å². The Morgan fingerprint density at radius 2 is 1.64 bits per heavy atom. The number of rotatable bonds is 8. The van der Waals surface area contributed by atoms with Gasteiger partial charge in [-0.05, 0) is 35.1 Å². The molecule has 2 unspecified atom stereocenters. The highest BCUT2D eigenvalue weighted by molar-refractivity contribution is 5.95.